The minimum absolute atomic E-state index is 0.0868. The Balaban J connectivity index is 1.73. The SMILES string of the molecule is C=CCOC(=O)C1=C(C)Nc2nnnn2C1c1cc(Br)c(OCc2ccccc2C)c(OC)c1. The van der Waals surface area contributed by atoms with Crippen LogP contribution in [0.25, 0.3) is 0 Å². The average molecular weight is 526 g/mol. The smallest absolute Gasteiger partial charge is 0.338 e. The van der Waals surface area contributed by atoms with Gasteiger partial charge >= 0.3 is 5.97 Å². The van der Waals surface area contributed by atoms with E-state index in [4.69, 9.17) is 14.2 Å². The summed E-state index contributed by atoms with van der Waals surface area (Å²) >= 11 is 3.62. The number of carbonyl (C=O) groups excluding carboxylic acids is 1. The molecule has 1 aromatic heterocycles. The molecule has 1 aliphatic rings. The third-order valence-electron chi connectivity index (χ3n) is 5.47. The molecule has 0 bridgehead atoms. The molecule has 0 saturated carbocycles. The van der Waals surface area contributed by atoms with Gasteiger partial charge in [-0.2, -0.15) is 4.68 Å². The summed E-state index contributed by atoms with van der Waals surface area (Å²) in [7, 11) is 1.57. The molecule has 10 heteroatoms. The largest absolute Gasteiger partial charge is 0.493 e. The molecule has 3 aromatic rings. The number of allylic oxidation sites excluding steroid dienone is 1. The van der Waals surface area contributed by atoms with Gasteiger partial charge in [-0.25, -0.2) is 4.79 Å². The van der Waals surface area contributed by atoms with Crippen LogP contribution < -0.4 is 14.8 Å². The molecule has 1 N–H and O–H groups in total. The molecular formula is C24H24BrN5O4. The fraction of sp³-hybridized carbons (Fsp3) is 0.250. The van der Waals surface area contributed by atoms with Crippen LogP contribution in [0.5, 0.6) is 11.5 Å². The van der Waals surface area contributed by atoms with Crippen LogP contribution in [-0.4, -0.2) is 39.9 Å². The molecule has 176 valence electrons. The number of hydrogen-bond acceptors (Lipinski definition) is 8. The van der Waals surface area contributed by atoms with Gasteiger partial charge in [0, 0.05) is 5.70 Å². The normalized spacial score (nSPS) is 14.8. The Morgan fingerprint density at radius 1 is 1.29 bits per heavy atom. The Morgan fingerprint density at radius 3 is 2.82 bits per heavy atom. The lowest BCUT2D eigenvalue weighted by atomic mass is 9.95. The maximum atomic E-state index is 13.0. The molecule has 0 amide bonds. The van der Waals surface area contributed by atoms with E-state index < -0.39 is 12.0 Å². The van der Waals surface area contributed by atoms with Crippen molar-refractivity contribution in [2.24, 2.45) is 0 Å². The molecule has 0 fully saturated rings. The number of methoxy groups -OCH3 is 1. The molecule has 1 unspecified atom stereocenters. The van der Waals surface area contributed by atoms with Gasteiger partial charge < -0.3 is 19.5 Å². The van der Waals surface area contributed by atoms with E-state index in [9.17, 15) is 4.79 Å². The first-order valence-corrected chi connectivity index (χ1v) is 11.3. The van der Waals surface area contributed by atoms with Crippen LogP contribution in [0.1, 0.15) is 29.7 Å². The number of anilines is 1. The number of esters is 1. The van der Waals surface area contributed by atoms with Crippen LogP contribution in [0.2, 0.25) is 0 Å². The van der Waals surface area contributed by atoms with Crippen molar-refractivity contribution >= 4 is 27.8 Å². The first-order chi connectivity index (χ1) is 16.4. The molecule has 2 aromatic carbocycles. The predicted octanol–water partition coefficient (Wildman–Crippen LogP) is 4.35. The van der Waals surface area contributed by atoms with E-state index in [-0.39, 0.29) is 6.61 Å². The van der Waals surface area contributed by atoms with Gasteiger partial charge in [0.15, 0.2) is 11.5 Å². The molecular weight excluding hydrogens is 502 g/mol. The summed E-state index contributed by atoms with van der Waals surface area (Å²) in [5, 5.41) is 14.9. The number of aromatic nitrogens is 4. The number of benzene rings is 2. The van der Waals surface area contributed by atoms with Gasteiger partial charge in [-0.3, -0.25) is 0 Å². The maximum Gasteiger partial charge on any atom is 0.338 e. The van der Waals surface area contributed by atoms with Crippen molar-refractivity contribution in [1.82, 2.24) is 20.2 Å². The summed E-state index contributed by atoms with van der Waals surface area (Å²) in [6.45, 7) is 7.89. The molecule has 4 rings (SSSR count). The van der Waals surface area contributed by atoms with Crippen LogP contribution in [0.3, 0.4) is 0 Å². The molecule has 0 saturated heterocycles. The average Bonchev–Trinajstić information content (AvgIpc) is 3.29. The molecule has 2 heterocycles. The highest BCUT2D eigenvalue weighted by Crippen LogP contribution is 2.43. The van der Waals surface area contributed by atoms with Crippen molar-refractivity contribution in [2.75, 3.05) is 19.0 Å². The fourth-order valence-corrected chi connectivity index (χ4v) is 4.33. The lowest BCUT2D eigenvalue weighted by molar-refractivity contribution is -0.138. The number of tetrazole rings is 1. The van der Waals surface area contributed by atoms with Gasteiger partial charge in [-0.15, -0.1) is 0 Å². The number of rotatable bonds is 8. The van der Waals surface area contributed by atoms with Crippen LogP contribution >= 0.6 is 15.9 Å². The van der Waals surface area contributed by atoms with E-state index in [2.05, 4.69) is 43.4 Å². The number of hydrogen-bond donors (Lipinski definition) is 1. The van der Waals surface area contributed by atoms with Crippen molar-refractivity contribution in [3.63, 3.8) is 0 Å². The molecule has 9 nitrogen and oxygen atoms in total. The predicted molar refractivity (Wildman–Crippen MR) is 130 cm³/mol. The minimum atomic E-state index is -0.640. The minimum Gasteiger partial charge on any atom is -0.493 e. The zero-order valence-corrected chi connectivity index (χ0v) is 20.6. The standard InChI is InChI=1S/C24H24BrN5O4/c1-5-10-33-23(31)20-15(3)26-24-27-28-29-30(24)21(20)17-11-18(25)22(19(12-17)32-4)34-13-16-9-7-6-8-14(16)2/h5-9,11-12,21H,1,10,13H2,2-4H3,(H,26,27,29). The summed E-state index contributed by atoms with van der Waals surface area (Å²) in [6.07, 6.45) is 1.52. The van der Waals surface area contributed by atoms with Gasteiger partial charge in [-0.1, -0.05) is 42.0 Å². The monoisotopic (exact) mass is 525 g/mol. The summed E-state index contributed by atoms with van der Waals surface area (Å²) in [4.78, 5) is 13.0. The maximum absolute atomic E-state index is 13.0. The van der Waals surface area contributed by atoms with Crippen LogP contribution in [0, 0.1) is 6.92 Å². The first-order valence-electron chi connectivity index (χ1n) is 10.5. The lowest BCUT2D eigenvalue weighted by Crippen LogP contribution is -2.29. The zero-order valence-electron chi connectivity index (χ0n) is 19.0. The van der Waals surface area contributed by atoms with Crippen LogP contribution in [0.4, 0.5) is 5.95 Å². The second kappa shape index (κ2) is 10.1. The number of carbonyl (C=O) groups is 1. The van der Waals surface area contributed by atoms with E-state index in [0.717, 1.165) is 11.1 Å². The second-order valence-corrected chi connectivity index (χ2v) is 8.50. The van der Waals surface area contributed by atoms with E-state index in [1.54, 1.807) is 14.0 Å². The number of ether oxygens (including phenoxy) is 3. The molecule has 0 spiro atoms. The first kappa shape index (κ1) is 23.5. The van der Waals surface area contributed by atoms with Crippen molar-refractivity contribution < 1.29 is 19.0 Å². The summed E-state index contributed by atoms with van der Waals surface area (Å²) in [6, 6.07) is 11.1. The van der Waals surface area contributed by atoms with Crippen LogP contribution in [-0.2, 0) is 16.1 Å². The van der Waals surface area contributed by atoms with Crippen molar-refractivity contribution in [3.05, 3.63) is 81.5 Å². The number of nitrogens with zero attached hydrogens (tertiary/aromatic N) is 4. The summed E-state index contributed by atoms with van der Waals surface area (Å²) < 4.78 is 19.3. The Morgan fingerprint density at radius 2 is 2.09 bits per heavy atom. The Kier molecular flexibility index (Phi) is 6.97. The summed E-state index contributed by atoms with van der Waals surface area (Å²) in [5.41, 5.74) is 3.90. The highest BCUT2D eigenvalue weighted by atomic mass is 79.9. The second-order valence-electron chi connectivity index (χ2n) is 7.65. The number of halogens is 1. The summed E-state index contributed by atoms with van der Waals surface area (Å²) in [5.74, 6) is 0.975. The highest BCUT2D eigenvalue weighted by Gasteiger charge is 2.36. The van der Waals surface area contributed by atoms with Gasteiger partial charge in [-0.05, 0) is 69.0 Å². The number of nitrogens with one attached hydrogen (secondary N) is 1. The Labute approximate surface area is 205 Å². The van der Waals surface area contributed by atoms with Crippen LogP contribution in [0.15, 0.2) is 64.8 Å². The Bertz CT molecular complexity index is 1270. The van der Waals surface area contributed by atoms with E-state index in [0.29, 0.717) is 45.4 Å². The molecule has 1 atom stereocenters. The quantitative estimate of drug-likeness (QED) is 0.342. The van der Waals surface area contributed by atoms with Gasteiger partial charge in [0.2, 0.25) is 5.95 Å². The lowest BCUT2D eigenvalue weighted by Gasteiger charge is -2.28. The topological polar surface area (TPSA) is 100 Å². The van der Waals surface area contributed by atoms with Gasteiger partial charge in [0.05, 0.1) is 17.2 Å². The van der Waals surface area contributed by atoms with Crippen molar-refractivity contribution in [3.8, 4) is 11.5 Å². The van der Waals surface area contributed by atoms with E-state index in [1.807, 2.05) is 43.3 Å². The third-order valence-corrected chi connectivity index (χ3v) is 6.06. The van der Waals surface area contributed by atoms with Gasteiger partial charge in [0.1, 0.15) is 19.3 Å². The molecule has 0 aliphatic carbocycles. The molecule has 0 radical (unpaired) electrons. The van der Waals surface area contributed by atoms with Crippen molar-refractivity contribution in [1.29, 1.82) is 0 Å². The highest BCUT2D eigenvalue weighted by molar-refractivity contribution is 9.10. The zero-order chi connectivity index (χ0) is 24.2. The van der Waals surface area contributed by atoms with Crippen molar-refractivity contribution in [2.45, 2.75) is 26.5 Å². The van der Waals surface area contributed by atoms with E-state index >= 15 is 0 Å². The number of aryl methyl sites for hydroxylation is 1. The number of fused-ring (bicyclic) bond motifs is 1. The fourth-order valence-electron chi connectivity index (χ4n) is 3.76. The third kappa shape index (κ3) is 4.54. The Hall–Kier alpha value is -3.66. The van der Waals surface area contributed by atoms with Gasteiger partial charge in [0.25, 0.3) is 0 Å². The molecule has 34 heavy (non-hydrogen) atoms. The van der Waals surface area contributed by atoms with E-state index in [1.165, 1.54) is 10.8 Å². The molecule has 1 aliphatic heterocycles.